The number of aryl methyl sites for hydroxylation is 2. The Morgan fingerprint density at radius 1 is 1.18 bits per heavy atom. The molecule has 0 heterocycles. The van der Waals surface area contributed by atoms with E-state index in [4.69, 9.17) is 4.74 Å². The average molecular weight is 307 g/mol. The van der Waals surface area contributed by atoms with Gasteiger partial charge in [0.15, 0.2) is 6.61 Å². The van der Waals surface area contributed by atoms with E-state index in [1.807, 2.05) is 39.8 Å². The first-order valence-corrected chi connectivity index (χ1v) is 7.44. The van der Waals surface area contributed by atoms with E-state index < -0.39 is 0 Å². The van der Waals surface area contributed by atoms with Gasteiger partial charge in [-0.3, -0.25) is 9.59 Å². The average Bonchev–Trinajstić information content (AvgIpc) is 2.50. The fourth-order valence-electron chi connectivity index (χ4n) is 2.14. The number of ether oxygens (including phenoxy) is 2. The topological polar surface area (TPSA) is 64.6 Å². The first-order chi connectivity index (χ1) is 10.4. The summed E-state index contributed by atoms with van der Waals surface area (Å²) in [5.74, 6) is 0.172. The maximum absolute atomic E-state index is 12.0. The predicted molar refractivity (Wildman–Crippen MR) is 85.0 cm³/mol. The molecular weight excluding hydrogens is 282 g/mol. The SMILES string of the molecule is CCC(CC(=O)OC)NC(=O)COc1c(C)ccc(C)c1C. The largest absolute Gasteiger partial charge is 0.483 e. The monoisotopic (exact) mass is 307 g/mol. The van der Waals surface area contributed by atoms with Crippen molar-refractivity contribution in [2.24, 2.45) is 0 Å². The lowest BCUT2D eigenvalue weighted by Gasteiger charge is -2.17. The van der Waals surface area contributed by atoms with Crippen LogP contribution in [0.1, 0.15) is 36.5 Å². The van der Waals surface area contributed by atoms with Crippen molar-refractivity contribution in [3.8, 4) is 5.75 Å². The summed E-state index contributed by atoms with van der Waals surface area (Å²) in [6.45, 7) is 7.77. The highest BCUT2D eigenvalue weighted by atomic mass is 16.5. The molecule has 0 aliphatic heterocycles. The van der Waals surface area contributed by atoms with E-state index in [1.54, 1.807) is 0 Å². The van der Waals surface area contributed by atoms with Gasteiger partial charge >= 0.3 is 5.97 Å². The molecule has 1 rings (SSSR count). The highest BCUT2D eigenvalue weighted by Crippen LogP contribution is 2.25. The van der Waals surface area contributed by atoms with Crippen molar-refractivity contribution in [1.82, 2.24) is 5.32 Å². The summed E-state index contributed by atoms with van der Waals surface area (Å²) in [7, 11) is 1.34. The summed E-state index contributed by atoms with van der Waals surface area (Å²) >= 11 is 0. The van der Waals surface area contributed by atoms with E-state index in [2.05, 4.69) is 10.1 Å². The van der Waals surface area contributed by atoms with E-state index in [1.165, 1.54) is 7.11 Å². The summed E-state index contributed by atoms with van der Waals surface area (Å²) in [6, 6.07) is 3.77. The molecule has 1 unspecified atom stereocenters. The van der Waals surface area contributed by atoms with E-state index in [9.17, 15) is 9.59 Å². The van der Waals surface area contributed by atoms with Crippen molar-refractivity contribution < 1.29 is 19.1 Å². The number of nitrogens with one attached hydrogen (secondary N) is 1. The lowest BCUT2D eigenvalue weighted by atomic mass is 10.1. The lowest BCUT2D eigenvalue weighted by Crippen LogP contribution is -2.39. The predicted octanol–water partition coefficient (Wildman–Crippen LogP) is 2.45. The molecule has 1 atom stereocenters. The highest BCUT2D eigenvalue weighted by molar-refractivity contribution is 5.79. The Labute approximate surface area is 132 Å². The van der Waals surface area contributed by atoms with Crippen molar-refractivity contribution in [1.29, 1.82) is 0 Å². The number of methoxy groups -OCH3 is 1. The molecule has 0 fully saturated rings. The fourth-order valence-corrected chi connectivity index (χ4v) is 2.14. The van der Waals surface area contributed by atoms with Crippen molar-refractivity contribution in [3.05, 3.63) is 28.8 Å². The number of hydrogen-bond donors (Lipinski definition) is 1. The molecule has 22 heavy (non-hydrogen) atoms. The lowest BCUT2D eigenvalue weighted by molar-refractivity contribution is -0.141. The van der Waals surface area contributed by atoms with Gasteiger partial charge in [-0.1, -0.05) is 19.1 Å². The molecule has 0 aromatic heterocycles. The third kappa shape index (κ3) is 5.06. The summed E-state index contributed by atoms with van der Waals surface area (Å²) in [5, 5.41) is 2.79. The maximum atomic E-state index is 12.0. The van der Waals surface area contributed by atoms with Crippen LogP contribution in [-0.2, 0) is 14.3 Å². The second kappa shape index (κ2) is 8.41. The third-order valence-electron chi connectivity index (χ3n) is 3.72. The normalized spacial score (nSPS) is 11.7. The van der Waals surface area contributed by atoms with Crippen molar-refractivity contribution >= 4 is 11.9 Å². The van der Waals surface area contributed by atoms with Crippen LogP contribution in [0.4, 0.5) is 0 Å². The van der Waals surface area contributed by atoms with E-state index in [0.717, 1.165) is 22.4 Å². The number of amides is 1. The van der Waals surface area contributed by atoms with Crippen molar-refractivity contribution in [2.75, 3.05) is 13.7 Å². The quantitative estimate of drug-likeness (QED) is 0.786. The molecule has 0 radical (unpaired) electrons. The molecule has 1 N–H and O–H groups in total. The van der Waals surface area contributed by atoms with Crippen LogP contribution in [0, 0.1) is 20.8 Å². The number of carbonyl (C=O) groups is 2. The Kier molecular flexibility index (Phi) is 6.89. The third-order valence-corrected chi connectivity index (χ3v) is 3.72. The van der Waals surface area contributed by atoms with Crippen LogP contribution in [0.15, 0.2) is 12.1 Å². The minimum absolute atomic E-state index is 0.0667. The first-order valence-electron chi connectivity index (χ1n) is 7.44. The van der Waals surface area contributed by atoms with Crippen molar-refractivity contribution in [3.63, 3.8) is 0 Å². The minimum atomic E-state index is -0.335. The molecule has 0 bridgehead atoms. The Morgan fingerprint density at radius 3 is 2.41 bits per heavy atom. The molecule has 5 heteroatoms. The zero-order chi connectivity index (χ0) is 16.7. The zero-order valence-corrected chi connectivity index (χ0v) is 14.0. The fraction of sp³-hybridized carbons (Fsp3) is 0.529. The van der Waals surface area contributed by atoms with Crippen LogP contribution in [0.5, 0.6) is 5.75 Å². The molecule has 0 spiro atoms. The van der Waals surface area contributed by atoms with Gasteiger partial charge in [-0.05, 0) is 43.9 Å². The summed E-state index contributed by atoms with van der Waals surface area (Å²) in [4.78, 5) is 23.2. The van der Waals surface area contributed by atoms with Gasteiger partial charge in [-0.15, -0.1) is 0 Å². The molecule has 1 aromatic rings. The minimum Gasteiger partial charge on any atom is -0.483 e. The van der Waals surface area contributed by atoms with Gasteiger partial charge in [0.2, 0.25) is 0 Å². The highest BCUT2D eigenvalue weighted by Gasteiger charge is 2.16. The van der Waals surface area contributed by atoms with Crippen LogP contribution < -0.4 is 10.1 Å². The summed E-state index contributed by atoms with van der Waals surface area (Å²) in [6.07, 6.45) is 0.824. The second-order valence-corrected chi connectivity index (χ2v) is 5.40. The molecule has 1 aromatic carbocycles. The van der Waals surface area contributed by atoms with Crippen LogP contribution in [-0.4, -0.2) is 31.6 Å². The van der Waals surface area contributed by atoms with Crippen LogP contribution in [0.2, 0.25) is 0 Å². The maximum Gasteiger partial charge on any atom is 0.307 e. The number of benzene rings is 1. The Balaban J connectivity index is 2.59. The molecule has 1 amide bonds. The number of rotatable bonds is 7. The van der Waals surface area contributed by atoms with Crippen molar-refractivity contribution in [2.45, 2.75) is 46.6 Å². The van der Waals surface area contributed by atoms with E-state index in [-0.39, 0.29) is 30.9 Å². The van der Waals surface area contributed by atoms with Crippen LogP contribution in [0.3, 0.4) is 0 Å². The Morgan fingerprint density at radius 2 is 1.82 bits per heavy atom. The molecule has 5 nitrogen and oxygen atoms in total. The van der Waals surface area contributed by atoms with Gasteiger partial charge in [0.25, 0.3) is 5.91 Å². The van der Waals surface area contributed by atoms with Gasteiger partial charge < -0.3 is 14.8 Å². The molecule has 122 valence electrons. The smallest absolute Gasteiger partial charge is 0.307 e. The zero-order valence-electron chi connectivity index (χ0n) is 14.0. The summed E-state index contributed by atoms with van der Waals surface area (Å²) in [5.41, 5.74) is 3.16. The first kappa shape index (κ1) is 18.0. The molecule has 0 aliphatic carbocycles. The molecule has 0 saturated heterocycles. The number of carbonyl (C=O) groups excluding carboxylic acids is 2. The standard InChI is InChI=1S/C17H25NO4/c1-6-14(9-16(20)21-5)18-15(19)10-22-17-12(3)8-7-11(2)13(17)4/h7-8,14H,6,9-10H2,1-5H3,(H,18,19). The van der Waals surface area contributed by atoms with E-state index in [0.29, 0.717) is 6.42 Å². The molecule has 0 saturated carbocycles. The Bertz CT molecular complexity index is 540. The summed E-state index contributed by atoms with van der Waals surface area (Å²) < 4.78 is 10.3. The van der Waals surface area contributed by atoms with Crippen LogP contribution in [0.25, 0.3) is 0 Å². The molecule has 0 aliphatic rings. The van der Waals surface area contributed by atoms with Gasteiger partial charge in [0, 0.05) is 6.04 Å². The van der Waals surface area contributed by atoms with Gasteiger partial charge in [-0.2, -0.15) is 0 Å². The van der Waals surface area contributed by atoms with Gasteiger partial charge in [0.1, 0.15) is 5.75 Å². The second-order valence-electron chi connectivity index (χ2n) is 5.40. The van der Waals surface area contributed by atoms with Gasteiger partial charge in [-0.25, -0.2) is 0 Å². The molecular formula is C17H25NO4. The Hall–Kier alpha value is -2.04. The van der Waals surface area contributed by atoms with E-state index >= 15 is 0 Å². The number of esters is 1. The van der Waals surface area contributed by atoms with Crippen LogP contribution >= 0.6 is 0 Å². The van der Waals surface area contributed by atoms with Gasteiger partial charge in [0.05, 0.1) is 13.5 Å². The number of hydrogen-bond acceptors (Lipinski definition) is 4.